The van der Waals surface area contributed by atoms with E-state index in [-0.39, 0.29) is 24.4 Å². The number of hydrogen-bond acceptors (Lipinski definition) is 10. The van der Waals surface area contributed by atoms with E-state index in [4.69, 9.17) is 14.5 Å². The Balaban J connectivity index is 1.43. The van der Waals surface area contributed by atoms with Crippen LogP contribution in [0.25, 0.3) is 11.4 Å². The number of amides is 2. The first-order valence-corrected chi connectivity index (χ1v) is 14.6. The molecule has 3 atom stereocenters. The number of rotatable bonds is 9. The minimum absolute atomic E-state index is 0.0934. The van der Waals surface area contributed by atoms with Crippen LogP contribution >= 0.6 is 11.3 Å². The van der Waals surface area contributed by atoms with Crippen molar-refractivity contribution in [1.29, 1.82) is 0 Å². The molecule has 2 N–H and O–H groups in total. The van der Waals surface area contributed by atoms with Gasteiger partial charge in [0.15, 0.2) is 5.13 Å². The fraction of sp³-hybridized carbons (Fsp3) is 0.417. The van der Waals surface area contributed by atoms with Gasteiger partial charge in [-0.3, -0.25) is 13.6 Å². The summed E-state index contributed by atoms with van der Waals surface area (Å²) >= 11 is 1.23. The Hall–Kier alpha value is -3.33. The standard InChI is InChI=1S/C24H30N6O6S2/c1-15-10-29(11-16(2)36-15)21-7-5-6-18(25-21)20-14-37-24(27-20)28-23(32)19(13-35-3)26-22(31)17-8-9-30(12-17)38(4,33)34/h5-9,12,14-16,19H,10-11,13H2,1-4H3,(H,26,31)(H,27,28,32)/t15-,16+,19-/m0/s1. The van der Waals surface area contributed by atoms with Crippen LogP contribution in [-0.4, -0.2) is 85.5 Å². The molecule has 0 spiro atoms. The smallest absolute Gasteiger partial charge is 0.253 e. The Morgan fingerprint density at radius 2 is 1.92 bits per heavy atom. The summed E-state index contributed by atoms with van der Waals surface area (Å²) in [5, 5.41) is 7.42. The molecule has 0 bridgehead atoms. The second kappa shape index (κ2) is 11.6. The van der Waals surface area contributed by atoms with Crippen LogP contribution in [0.5, 0.6) is 0 Å². The lowest BCUT2D eigenvalue weighted by Gasteiger charge is -2.36. The Morgan fingerprint density at radius 1 is 1.18 bits per heavy atom. The molecule has 1 aliphatic heterocycles. The molecule has 4 heterocycles. The summed E-state index contributed by atoms with van der Waals surface area (Å²) in [7, 11) is -2.13. The van der Waals surface area contributed by atoms with E-state index >= 15 is 0 Å². The minimum atomic E-state index is -3.53. The van der Waals surface area contributed by atoms with Gasteiger partial charge in [0.2, 0.25) is 10.0 Å². The molecule has 12 nitrogen and oxygen atoms in total. The molecule has 0 radical (unpaired) electrons. The number of aromatic nitrogens is 3. The SMILES string of the molecule is COC[C@H](NC(=O)c1ccn(S(C)(=O)=O)c1)C(=O)Nc1nc(-c2cccc(N3C[C@@H](C)O[C@@H](C)C3)n2)cs1. The van der Waals surface area contributed by atoms with Crippen LogP contribution in [0, 0.1) is 0 Å². The number of carbonyl (C=O) groups is 2. The average molecular weight is 563 g/mol. The Morgan fingerprint density at radius 3 is 2.58 bits per heavy atom. The fourth-order valence-electron chi connectivity index (χ4n) is 4.06. The van der Waals surface area contributed by atoms with Crippen LogP contribution in [-0.2, 0) is 24.3 Å². The lowest BCUT2D eigenvalue weighted by molar-refractivity contribution is -0.119. The van der Waals surface area contributed by atoms with E-state index in [0.29, 0.717) is 16.5 Å². The van der Waals surface area contributed by atoms with Gasteiger partial charge < -0.3 is 25.0 Å². The highest BCUT2D eigenvalue weighted by Crippen LogP contribution is 2.26. The van der Waals surface area contributed by atoms with E-state index in [0.717, 1.165) is 29.1 Å². The molecule has 0 aliphatic carbocycles. The normalized spacial score (nSPS) is 18.7. The molecule has 0 aromatic carbocycles. The van der Waals surface area contributed by atoms with E-state index in [2.05, 4.69) is 20.5 Å². The van der Waals surface area contributed by atoms with Gasteiger partial charge in [0.05, 0.1) is 36.3 Å². The van der Waals surface area contributed by atoms with Crippen molar-refractivity contribution in [2.45, 2.75) is 32.1 Å². The number of anilines is 2. The zero-order valence-electron chi connectivity index (χ0n) is 21.4. The zero-order chi connectivity index (χ0) is 27.4. The number of nitrogens with zero attached hydrogens (tertiary/aromatic N) is 4. The van der Waals surface area contributed by atoms with Gasteiger partial charge in [-0.2, -0.15) is 0 Å². The van der Waals surface area contributed by atoms with Gasteiger partial charge in [0.1, 0.15) is 17.6 Å². The maximum Gasteiger partial charge on any atom is 0.253 e. The van der Waals surface area contributed by atoms with Crippen molar-refractivity contribution < 1.29 is 27.5 Å². The van der Waals surface area contributed by atoms with Crippen LogP contribution < -0.4 is 15.5 Å². The van der Waals surface area contributed by atoms with Gasteiger partial charge >= 0.3 is 0 Å². The molecule has 1 saturated heterocycles. The summed E-state index contributed by atoms with van der Waals surface area (Å²) < 4.78 is 35.2. The zero-order valence-corrected chi connectivity index (χ0v) is 23.1. The second-order valence-corrected chi connectivity index (χ2v) is 11.8. The van der Waals surface area contributed by atoms with Gasteiger partial charge in [-0.25, -0.2) is 18.4 Å². The minimum Gasteiger partial charge on any atom is -0.382 e. The molecule has 1 aliphatic rings. The topological polar surface area (TPSA) is 145 Å². The van der Waals surface area contributed by atoms with Crippen molar-refractivity contribution >= 4 is 44.1 Å². The molecular formula is C24H30N6O6S2. The third kappa shape index (κ3) is 6.75. The molecule has 0 unspecified atom stereocenters. The van der Waals surface area contributed by atoms with Crippen LogP contribution in [0.1, 0.15) is 24.2 Å². The van der Waals surface area contributed by atoms with Crippen molar-refractivity contribution in [2.75, 3.05) is 43.3 Å². The highest BCUT2D eigenvalue weighted by Gasteiger charge is 2.25. The van der Waals surface area contributed by atoms with E-state index in [9.17, 15) is 18.0 Å². The number of carbonyl (C=O) groups excluding carboxylic acids is 2. The average Bonchev–Trinajstić information content (AvgIpc) is 3.53. The predicted octanol–water partition coefficient (Wildman–Crippen LogP) is 1.81. The molecule has 2 amide bonds. The van der Waals surface area contributed by atoms with Crippen LogP contribution in [0.4, 0.5) is 10.9 Å². The van der Waals surface area contributed by atoms with Gasteiger partial charge in [0, 0.05) is 38.0 Å². The summed E-state index contributed by atoms with van der Waals surface area (Å²) in [6.07, 6.45) is 3.67. The molecule has 204 valence electrons. The first-order chi connectivity index (χ1) is 18.0. The molecule has 1 fully saturated rings. The number of pyridine rings is 1. The highest BCUT2D eigenvalue weighted by atomic mass is 32.2. The summed E-state index contributed by atoms with van der Waals surface area (Å²) in [6, 6.07) is 6.04. The third-order valence-corrected chi connectivity index (χ3v) is 7.49. The van der Waals surface area contributed by atoms with Crippen LogP contribution in [0.15, 0.2) is 42.0 Å². The molecule has 14 heteroatoms. The molecule has 0 saturated carbocycles. The number of morpholine rings is 1. The number of nitrogens with one attached hydrogen (secondary N) is 2. The van der Waals surface area contributed by atoms with Crippen molar-refractivity contribution in [3.8, 4) is 11.4 Å². The van der Waals surface area contributed by atoms with Crippen LogP contribution in [0.2, 0.25) is 0 Å². The van der Waals surface area contributed by atoms with Gasteiger partial charge in [-0.15, -0.1) is 11.3 Å². The predicted molar refractivity (Wildman–Crippen MR) is 144 cm³/mol. The van der Waals surface area contributed by atoms with Crippen LogP contribution in [0.3, 0.4) is 0 Å². The lowest BCUT2D eigenvalue weighted by atomic mass is 10.2. The van der Waals surface area contributed by atoms with Crippen molar-refractivity contribution in [1.82, 2.24) is 19.3 Å². The van der Waals surface area contributed by atoms with Gasteiger partial charge in [-0.1, -0.05) is 6.07 Å². The summed E-state index contributed by atoms with van der Waals surface area (Å²) in [4.78, 5) is 37.0. The van der Waals surface area contributed by atoms with E-state index in [1.165, 1.54) is 36.9 Å². The third-order valence-electron chi connectivity index (χ3n) is 5.74. The first kappa shape index (κ1) is 27.7. The molecule has 3 aromatic rings. The Labute approximate surface area is 225 Å². The first-order valence-electron chi connectivity index (χ1n) is 11.9. The number of hydrogen-bond donors (Lipinski definition) is 2. The largest absolute Gasteiger partial charge is 0.382 e. The molecule has 38 heavy (non-hydrogen) atoms. The van der Waals surface area contributed by atoms with E-state index in [1.54, 1.807) is 5.38 Å². The van der Waals surface area contributed by atoms with Gasteiger partial charge in [-0.05, 0) is 32.0 Å². The monoisotopic (exact) mass is 562 g/mol. The van der Waals surface area contributed by atoms with Crippen molar-refractivity contribution in [2.24, 2.45) is 0 Å². The maximum absolute atomic E-state index is 12.9. The van der Waals surface area contributed by atoms with E-state index in [1.807, 2.05) is 32.0 Å². The molecular weight excluding hydrogens is 532 g/mol. The number of methoxy groups -OCH3 is 1. The summed E-state index contributed by atoms with van der Waals surface area (Å²) in [5.74, 6) is -0.311. The number of ether oxygens (including phenoxy) is 2. The second-order valence-electron chi connectivity index (χ2n) is 9.04. The fourth-order valence-corrected chi connectivity index (χ4v) is 5.35. The highest BCUT2D eigenvalue weighted by molar-refractivity contribution is 7.89. The lowest BCUT2D eigenvalue weighted by Crippen LogP contribution is -2.46. The van der Waals surface area contributed by atoms with Crippen molar-refractivity contribution in [3.63, 3.8) is 0 Å². The van der Waals surface area contributed by atoms with Crippen molar-refractivity contribution in [3.05, 3.63) is 47.6 Å². The Kier molecular flexibility index (Phi) is 8.45. The van der Waals surface area contributed by atoms with Gasteiger partial charge in [0.25, 0.3) is 11.8 Å². The summed E-state index contributed by atoms with van der Waals surface area (Å²) in [5.41, 5.74) is 1.37. The van der Waals surface area contributed by atoms with E-state index < -0.39 is 27.9 Å². The molecule has 3 aromatic heterocycles. The number of thiazole rings is 1. The molecule has 4 rings (SSSR count). The Bertz CT molecular complexity index is 1390. The maximum atomic E-state index is 12.9. The summed E-state index contributed by atoms with van der Waals surface area (Å²) in [6.45, 7) is 5.46. The quantitative estimate of drug-likeness (QED) is 0.399.